The van der Waals surface area contributed by atoms with Crippen LogP contribution in [-0.4, -0.2) is 27.1 Å². The topological polar surface area (TPSA) is 66.5 Å². The number of hydrogen-bond donors (Lipinski definition) is 1. The van der Waals surface area contributed by atoms with Crippen molar-refractivity contribution < 1.29 is 17.6 Å². The van der Waals surface area contributed by atoms with Crippen molar-refractivity contribution in [2.45, 2.75) is 33.1 Å². The first-order chi connectivity index (χ1) is 12.8. The van der Waals surface area contributed by atoms with Gasteiger partial charge in [-0.05, 0) is 36.1 Å². The van der Waals surface area contributed by atoms with Crippen molar-refractivity contribution in [2.75, 3.05) is 22.4 Å². The number of anilines is 2. The van der Waals surface area contributed by atoms with E-state index in [-0.39, 0.29) is 18.7 Å². The first kappa shape index (κ1) is 20.9. The number of nitrogens with zero attached hydrogens (tertiary/aromatic N) is 1. The molecule has 0 aliphatic carbocycles. The van der Waals surface area contributed by atoms with Gasteiger partial charge in [0.1, 0.15) is 5.82 Å². The van der Waals surface area contributed by atoms with Gasteiger partial charge in [0.05, 0.1) is 17.6 Å². The highest BCUT2D eigenvalue weighted by molar-refractivity contribution is 7.92. The molecule has 0 unspecified atom stereocenters. The summed E-state index contributed by atoms with van der Waals surface area (Å²) in [5, 5.41) is 2.49. The van der Waals surface area contributed by atoms with E-state index < -0.39 is 21.7 Å². The molecule has 0 bridgehead atoms. The predicted molar refractivity (Wildman–Crippen MR) is 107 cm³/mol. The van der Waals surface area contributed by atoms with Crippen molar-refractivity contribution in [3.63, 3.8) is 0 Å². The third-order valence-corrected chi connectivity index (χ3v) is 5.47. The Balaban J connectivity index is 2.25. The van der Waals surface area contributed by atoms with Crippen LogP contribution < -0.4 is 9.62 Å². The Labute approximate surface area is 160 Å². The largest absolute Gasteiger partial charge is 0.324 e. The van der Waals surface area contributed by atoms with E-state index in [1.807, 2.05) is 32.0 Å². The summed E-state index contributed by atoms with van der Waals surface area (Å²) in [6, 6.07) is 11.6. The molecule has 0 spiro atoms. The highest BCUT2D eigenvalue weighted by Gasteiger charge is 2.23. The van der Waals surface area contributed by atoms with Crippen molar-refractivity contribution in [1.29, 1.82) is 0 Å². The molecule has 0 aliphatic rings. The third kappa shape index (κ3) is 5.29. The number of amides is 1. The lowest BCUT2D eigenvalue weighted by atomic mass is 10.0. The number of hydrogen-bond acceptors (Lipinski definition) is 3. The van der Waals surface area contributed by atoms with Gasteiger partial charge in [-0.15, -0.1) is 0 Å². The number of para-hydroxylation sites is 2. The summed E-state index contributed by atoms with van der Waals surface area (Å²) >= 11 is 0. The molecule has 2 aromatic carbocycles. The number of carbonyl (C=O) groups is 1. The van der Waals surface area contributed by atoms with Gasteiger partial charge in [-0.2, -0.15) is 0 Å². The molecule has 0 aromatic heterocycles. The van der Waals surface area contributed by atoms with Crippen molar-refractivity contribution in [1.82, 2.24) is 0 Å². The summed E-state index contributed by atoms with van der Waals surface area (Å²) in [6.07, 6.45) is 2.41. The van der Waals surface area contributed by atoms with E-state index in [4.69, 9.17) is 0 Å². The van der Waals surface area contributed by atoms with Gasteiger partial charge in [-0.25, -0.2) is 12.8 Å². The van der Waals surface area contributed by atoms with Crippen LogP contribution in [0, 0.1) is 5.82 Å². The number of sulfonamides is 1. The second kappa shape index (κ2) is 8.99. The monoisotopic (exact) mass is 392 g/mol. The molecule has 5 nitrogen and oxygen atoms in total. The number of nitrogens with one attached hydrogen (secondary N) is 1. The Kier molecular flexibility index (Phi) is 6.96. The van der Waals surface area contributed by atoms with Crippen LogP contribution in [0.25, 0.3) is 0 Å². The van der Waals surface area contributed by atoms with Crippen LogP contribution in [0.3, 0.4) is 0 Å². The van der Waals surface area contributed by atoms with E-state index in [0.717, 1.165) is 17.4 Å². The van der Waals surface area contributed by atoms with Gasteiger partial charge < -0.3 is 5.32 Å². The van der Waals surface area contributed by atoms with E-state index in [9.17, 15) is 17.6 Å². The highest BCUT2D eigenvalue weighted by Crippen LogP contribution is 2.29. The SMILES string of the molecule is CCc1cccc(CC)c1N(CCC(=O)Nc1ccccc1F)S(C)(=O)=O. The fraction of sp³-hybridized carbons (Fsp3) is 0.350. The molecular formula is C20H25FN2O3S. The van der Waals surface area contributed by atoms with E-state index >= 15 is 0 Å². The summed E-state index contributed by atoms with van der Waals surface area (Å²) in [5.41, 5.74) is 2.55. The van der Waals surface area contributed by atoms with Crippen molar-refractivity contribution in [3.05, 3.63) is 59.4 Å². The predicted octanol–water partition coefficient (Wildman–Crippen LogP) is 3.75. The van der Waals surface area contributed by atoms with E-state index in [1.54, 1.807) is 6.07 Å². The second-order valence-electron chi connectivity index (χ2n) is 6.25. The molecule has 2 aromatic rings. The Morgan fingerprint density at radius 2 is 1.63 bits per heavy atom. The van der Waals surface area contributed by atoms with Gasteiger partial charge in [0.15, 0.2) is 0 Å². The maximum Gasteiger partial charge on any atom is 0.232 e. The molecule has 0 fully saturated rings. The van der Waals surface area contributed by atoms with Crippen LogP contribution in [0.2, 0.25) is 0 Å². The highest BCUT2D eigenvalue weighted by atomic mass is 32.2. The molecule has 0 saturated carbocycles. The summed E-state index contributed by atoms with van der Waals surface area (Å²) in [4.78, 5) is 12.2. The molecule has 0 atom stereocenters. The van der Waals surface area contributed by atoms with Gasteiger partial charge >= 0.3 is 0 Å². The van der Waals surface area contributed by atoms with Gasteiger partial charge in [0.25, 0.3) is 0 Å². The number of halogens is 1. The zero-order valence-electron chi connectivity index (χ0n) is 15.8. The summed E-state index contributed by atoms with van der Waals surface area (Å²) in [5.74, 6) is -0.976. The average Bonchev–Trinajstić information content (AvgIpc) is 2.62. The second-order valence-corrected chi connectivity index (χ2v) is 8.15. The quantitative estimate of drug-likeness (QED) is 0.744. The lowest BCUT2D eigenvalue weighted by Gasteiger charge is -2.27. The first-order valence-electron chi connectivity index (χ1n) is 8.90. The summed E-state index contributed by atoms with van der Waals surface area (Å²) in [6.45, 7) is 3.91. The minimum absolute atomic E-state index is 0.0108. The lowest BCUT2D eigenvalue weighted by molar-refractivity contribution is -0.116. The molecular weight excluding hydrogens is 367 g/mol. The van der Waals surface area contributed by atoms with Crippen LogP contribution in [0.15, 0.2) is 42.5 Å². The minimum atomic E-state index is -3.58. The van der Waals surface area contributed by atoms with E-state index in [1.165, 1.54) is 22.5 Å². The van der Waals surface area contributed by atoms with Gasteiger partial charge in [-0.3, -0.25) is 9.10 Å². The van der Waals surface area contributed by atoms with Crippen LogP contribution in [0.4, 0.5) is 15.8 Å². The molecule has 0 radical (unpaired) electrons. The number of rotatable bonds is 8. The first-order valence-corrected chi connectivity index (χ1v) is 10.8. The van der Waals surface area contributed by atoms with Gasteiger partial charge in [-0.1, -0.05) is 44.2 Å². The molecule has 0 saturated heterocycles. The molecule has 27 heavy (non-hydrogen) atoms. The molecule has 146 valence electrons. The standard InChI is InChI=1S/C20H25FN2O3S/c1-4-15-9-8-10-16(5-2)20(15)23(27(3,25)26)14-13-19(24)22-18-12-7-6-11-17(18)21/h6-12H,4-5,13-14H2,1-3H3,(H,22,24). The van der Waals surface area contributed by atoms with Crippen LogP contribution >= 0.6 is 0 Å². The molecule has 1 amide bonds. The molecule has 2 rings (SSSR count). The minimum Gasteiger partial charge on any atom is -0.324 e. The zero-order chi connectivity index (χ0) is 20.0. The van der Waals surface area contributed by atoms with Crippen molar-refractivity contribution in [3.8, 4) is 0 Å². The maximum atomic E-state index is 13.7. The molecule has 7 heteroatoms. The van der Waals surface area contributed by atoms with E-state index in [0.29, 0.717) is 18.5 Å². The van der Waals surface area contributed by atoms with Gasteiger partial charge in [0, 0.05) is 13.0 Å². The molecule has 0 aliphatic heterocycles. The van der Waals surface area contributed by atoms with Gasteiger partial charge in [0.2, 0.25) is 15.9 Å². The maximum absolute atomic E-state index is 13.7. The average molecular weight is 392 g/mol. The Bertz CT molecular complexity index is 891. The fourth-order valence-electron chi connectivity index (χ4n) is 2.96. The Morgan fingerprint density at radius 3 is 2.15 bits per heavy atom. The van der Waals surface area contributed by atoms with Crippen molar-refractivity contribution >= 4 is 27.3 Å². The third-order valence-electron chi connectivity index (χ3n) is 4.30. The summed E-state index contributed by atoms with van der Waals surface area (Å²) < 4.78 is 39.8. The Hall–Kier alpha value is -2.41. The van der Waals surface area contributed by atoms with Crippen LogP contribution in [-0.2, 0) is 27.7 Å². The van der Waals surface area contributed by atoms with Crippen LogP contribution in [0.5, 0.6) is 0 Å². The zero-order valence-corrected chi connectivity index (χ0v) is 16.6. The van der Waals surface area contributed by atoms with Crippen LogP contribution in [0.1, 0.15) is 31.4 Å². The lowest BCUT2D eigenvalue weighted by Crippen LogP contribution is -2.34. The Morgan fingerprint density at radius 1 is 1.04 bits per heavy atom. The number of benzene rings is 2. The molecule has 1 N–H and O–H groups in total. The summed E-state index contributed by atoms with van der Waals surface area (Å²) in [7, 11) is -3.58. The smallest absolute Gasteiger partial charge is 0.232 e. The molecule has 0 heterocycles. The number of aryl methyl sites for hydroxylation is 2. The fourth-order valence-corrected chi connectivity index (χ4v) is 3.95. The normalized spacial score (nSPS) is 11.3. The number of carbonyl (C=O) groups excluding carboxylic acids is 1. The van der Waals surface area contributed by atoms with Crippen molar-refractivity contribution in [2.24, 2.45) is 0 Å². The van der Waals surface area contributed by atoms with E-state index in [2.05, 4.69) is 5.32 Å².